The Morgan fingerprint density at radius 3 is 2.00 bits per heavy atom. The molecule has 0 spiro atoms. The molecular weight excluding hydrogens is 428 g/mol. The van der Waals surface area contributed by atoms with Crippen molar-refractivity contribution in [3.8, 4) is 0 Å². The molecule has 0 saturated carbocycles. The molecule has 0 bridgehead atoms. The minimum Gasteiger partial charge on any atom is -0.451 e. The van der Waals surface area contributed by atoms with E-state index in [2.05, 4.69) is 11.6 Å². The molecule has 0 radical (unpaired) electrons. The number of nitrogens with zero attached hydrogens (tertiary/aromatic N) is 2. The van der Waals surface area contributed by atoms with Gasteiger partial charge in [0.05, 0.1) is 0 Å². The maximum absolute atomic E-state index is 13.5. The van der Waals surface area contributed by atoms with Crippen LogP contribution in [0.3, 0.4) is 0 Å². The molecule has 6 heteroatoms. The Hall–Kier alpha value is -4.19. The third-order valence-electron chi connectivity index (χ3n) is 5.97. The topological polar surface area (TPSA) is 68.2 Å². The van der Waals surface area contributed by atoms with Crippen molar-refractivity contribution in [1.82, 2.24) is 4.90 Å². The summed E-state index contributed by atoms with van der Waals surface area (Å²) in [6.07, 6.45) is -1.28. The molecule has 6 nitrogen and oxygen atoms in total. The zero-order chi connectivity index (χ0) is 23.7. The molecular formula is C28H24N2O4. The van der Waals surface area contributed by atoms with Gasteiger partial charge in [0.25, 0.3) is 5.91 Å². The first-order chi connectivity index (χ1) is 16.5. The van der Waals surface area contributed by atoms with Gasteiger partial charge in [0.2, 0.25) is 12.1 Å². The summed E-state index contributed by atoms with van der Waals surface area (Å²) in [6, 6.07) is 26.8. The number of carbonyl (C=O) groups is 2. The minimum atomic E-state index is -0.978. The minimum absolute atomic E-state index is 0.281. The number of aliphatic imine (C=N–C) groups is 1. The highest BCUT2D eigenvalue weighted by molar-refractivity contribution is 6.03. The number of amides is 1. The van der Waals surface area contributed by atoms with E-state index in [4.69, 9.17) is 9.47 Å². The summed E-state index contributed by atoms with van der Waals surface area (Å²) in [7, 11) is 0. The number of benzene rings is 3. The van der Waals surface area contributed by atoms with Gasteiger partial charge in [-0.3, -0.25) is 9.69 Å². The number of carbonyl (C=O) groups excluding carboxylic acids is 2. The third kappa shape index (κ3) is 3.88. The van der Waals surface area contributed by atoms with Crippen LogP contribution in [0.2, 0.25) is 0 Å². The van der Waals surface area contributed by atoms with Crippen molar-refractivity contribution >= 4 is 17.8 Å². The Morgan fingerprint density at radius 1 is 0.941 bits per heavy atom. The monoisotopic (exact) mass is 452 g/mol. The Kier molecular flexibility index (Phi) is 5.72. The number of esters is 1. The molecule has 1 saturated heterocycles. The first-order valence-electron chi connectivity index (χ1n) is 11.1. The standard InChI is InChI=1S/C28H24N2O4/c1-18(2)23(30-26(31)22-27(30)34-25(29-22)21-16-10-5-11-17-21)28(32)33-24(19-12-6-3-7-13-19)20-14-8-4-9-15-20/h3-17,22-24,27H,1H2,2H3/t22-,23+,27-/m1/s1. The average molecular weight is 453 g/mol. The SMILES string of the molecule is C=C(C)[C@@H](C(=O)OC(c1ccccc1)c1ccccc1)N1C(=O)[C@H]2N=C(c3ccccc3)O[C@H]21. The van der Waals surface area contributed by atoms with Crippen LogP contribution < -0.4 is 0 Å². The highest BCUT2D eigenvalue weighted by Gasteiger charge is 2.58. The molecule has 0 unspecified atom stereocenters. The van der Waals surface area contributed by atoms with E-state index in [1.807, 2.05) is 91.0 Å². The number of fused-ring (bicyclic) bond motifs is 1. The van der Waals surface area contributed by atoms with Crippen molar-refractivity contribution in [3.63, 3.8) is 0 Å². The fraction of sp³-hybridized carbons (Fsp3) is 0.179. The number of ether oxygens (including phenoxy) is 2. The summed E-state index contributed by atoms with van der Waals surface area (Å²) in [5, 5.41) is 0. The van der Waals surface area contributed by atoms with Gasteiger partial charge in [0, 0.05) is 5.56 Å². The lowest BCUT2D eigenvalue weighted by atomic mass is 9.97. The van der Waals surface area contributed by atoms with Crippen LogP contribution in [0.1, 0.15) is 29.7 Å². The second kappa shape index (κ2) is 8.98. The van der Waals surface area contributed by atoms with Gasteiger partial charge in [-0.2, -0.15) is 0 Å². The van der Waals surface area contributed by atoms with E-state index < -0.39 is 30.4 Å². The van der Waals surface area contributed by atoms with Gasteiger partial charge >= 0.3 is 5.97 Å². The van der Waals surface area contributed by atoms with Gasteiger partial charge < -0.3 is 9.47 Å². The molecule has 0 aromatic heterocycles. The van der Waals surface area contributed by atoms with Gasteiger partial charge in [0.1, 0.15) is 0 Å². The predicted octanol–water partition coefficient (Wildman–Crippen LogP) is 4.28. The summed E-state index contributed by atoms with van der Waals surface area (Å²) < 4.78 is 12.0. The largest absolute Gasteiger partial charge is 0.451 e. The Bertz CT molecular complexity index is 1200. The van der Waals surface area contributed by atoms with Crippen LogP contribution >= 0.6 is 0 Å². The van der Waals surface area contributed by atoms with Gasteiger partial charge in [0.15, 0.2) is 18.2 Å². The Morgan fingerprint density at radius 2 is 1.47 bits per heavy atom. The summed E-state index contributed by atoms with van der Waals surface area (Å²) >= 11 is 0. The van der Waals surface area contributed by atoms with Crippen LogP contribution in [0.5, 0.6) is 0 Å². The van der Waals surface area contributed by atoms with E-state index in [0.717, 1.165) is 16.7 Å². The molecule has 1 fully saturated rings. The van der Waals surface area contributed by atoms with Crippen molar-refractivity contribution in [1.29, 1.82) is 0 Å². The maximum Gasteiger partial charge on any atom is 0.334 e. The highest BCUT2D eigenvalue weighted by Crippen LogP contribution is 2.36. The quantitative estimate of drug-likeness (QED) is 0.305. The van der Waals surface area contributed by atoms with E-state index >= 15 is 0 Å². The first kappa shape index (κ1) is 21.6. The third-order valence-corrected chi connectivity index (χ3v) is 5.97. The highest BCUT2D eigenvalue weighted by atomic mass is 16.6. The molecule has 2 aliphatic heterocycles. The first-order valence-corrected chi connectivity index (χ1v) is 11.1. The molecule has 3 aromatic rings. The smallest absolute Gasteiger partial charge is 0.334 e. The molecule has 170 valence electrons. The lowest BCUT2D eigenvalue weighted by molar-refractivity contribution is -0.178. The molecule has 1 amide bonds. The van der Waals surface area contributed by atoms with E-state index in [0.29, 0.717) is 11.5 Å². The average Bonchev–Trinajstić information content (AvgIpc) is 3.27. The molecule has 3 aromatic carbocycles. The summed E-state index contributed by atoms with van der Waals surface area (Å²) in [5.74, 6) is -0.447. The normalized spacial score (nSPS) is 19.5. The van der Waals surface area contributed by atoms with Crippen LogP contribution in [-0.2, 0) is 19.1 Å². The summed E-state index contributed by atoms with van der Waals surface area (Å²) in [4.78, 5) is 32.3. The van der Waals surface area contributed by atoms with Gasteiger partial charge in [-0.15, -0.1) is 0 Å². The predicted molar refractivity (Wildman–Crippen MR) is 128 cm³/mol. The molecule has 5 rings (SSSR count). The van der Waals surface area contributed by atoms with Crippen LogP contribution in [0, 0.1) is 0 Å². The molecule has 2 heterocycles. The van der Waals surface area contributed by atoms with Crippen LogP contribution in [-0.4, -0.2) is 41.0 Å². The fourth-order valence-electron chi connectivity index (χ4n) is 4.30. The lowest BCUT2D eigenvalue weighted by Gasteiger charge is -2.44. The van der Waals surface area contributed by atoms with Gasteiger partial charge in [-0.05, 0) is 35.8 Å². The van der Waals surface area contributed by atoms with Crippen molar-refractivity contribution in [2.75, 3.05) is 0 Å². The van der Waals surface area contributed by atoms with E-state index in [9.17, 15) is 9.59 Å². The van der Waals surface area contributed by atoms with Crippen LogP contribution in [0.25, 0.3) is 0 Å². The molecule has 0 N–H and O–H groups in total. The number of rotatable bonds is 7. The van der Waals surface area contributed by atoms with Crippen molar-refractivity contribution in [3.05, 3.63) is 120 Å². The van der Waals surface area contributed by atoms with E-state index in [1.54, 1.807) is 6.92 Å². The van der Waals surface area contributed by atoms with E-state index in [1.165, 1.54) is 4.90 Å². The van der Waals surface area contributed by atoms with E-state index in [-0.39, 0.29) is 5.91 Å². The number of hydrogen-bond donors (Lipinski definition) is 0. The Labute approximate surface area is 198 Å². The Balaban J connectivity index is 1.39. The lowest BCUT2D eigenvalue weighted by Crippen LogP contribution is -2.68. The van der Waals surface area contributed by atoms with Crippen molar-refractivity contribution in [2.45, 2.75) is 31.3 Å². The summed E-state index contributed by atoms with van der Waals surface area (Å²) in [6.45, 7) is 5.68. The van der Waals surface area contributed by atoms with Crippen LogP contribution in [0.15, 0.2) is 108 Å². The molecule has 3 atom stereocenters. The molecule has 0 aliphatic carbocycles. The van der Waals surface area contributed by atoms with Crippen molar-refractivity contribution in [2.24, 2.45) is 4.99 Å². The number of likely N-dealkylation sites (tertiary alicyclic amines) is 1. The zero-order valence-electron chi connectivity index (χ0n) is 18.7. The zero-order valence-corrected chi connectivity index (χ0v) is 18.7. The van der Waals surface area contributed by atoms with Crippen molar-refractivity contribution < 1.29 is 19.1 Å². The molecule has 34 heavy (non-hydrogen) atoms. The second-order valence-corrected chi connectivity index (χ2v) is 8.39. The number of hydrogen-bond acceptors (Lipinski definition) is 5. The molecule has 2 aliphatic rings. The van der Waals surface area contributed by atoms with Crippen LogP contribution in [0.4, 0.5) is 0 Å². The fourth-order valence-corrected chi connectivity index (χ4v) is 4.30. The van der Waals surface area contributed by atoms with Gasteiger partial charge in [-0.25, -0.2) is 9.79 Å². The number of β-lactam (4-membered cyclic amide) rings is 1. The van der Waals surface area contributed by atoms with Gasteiger partial charge in [-0.1, -0.05) is 85.4 Å². The maximum atomic E-state index is 13.5. The summed E-state index contributed by atoms with van der Waals surface area (Å²) in [5.41, 5.74) is 2.95. The second-order valence-electron chi connectivity index (χ2n) is 8.39.